The molecule has 1 unspecified atom stereocenters. The van der Waals surface area contributed by atoms with Crippen LogP contribution in [0.15, 0.2) is 43.0 Å². The van der Waals surface area contributed by atoms with E-state index in [-0.39, 0.29) is 0 Å². The molecule has 1 aromatic carbocycles. The van der Waals surface area contributed by atoms with Gasteiger partial charge in [0.1, 0.15) is 0 Å². The molecule has 0 aliphatic rings. The Morgan fingerprint density at radius 1 is 1.36 bits per heavy atom. The van der Waals surface area contributed by atoms with E-state index in [4.69, 9.17) is 11.1 Å². The van der Waals surface area contributed by atoms with E-state index < -0.39 is 7.38 Å². The maximum Gasteiger partial charge on any atom is 0.157 e. The van der Waals surface area contributed by atoms with Crippen molar-refractivity contribution in [3.8, 4) is 0 Å². The third-order valence-electron chi connectivity index (χ3n) is 2.35. The summed E-state index contributed by atoms with van der Waals surface area (Å²) >= 11 is 6.45. The average Bonchev–Trinajstić information content (AvgIpc) is 2.17. The first kappa shape index (κ1) is 11.5. The van der Waals surface area contributed by atoms with Gasteiger partial charge < -0.3 is 0 Å². The topological polar surface area (TPSA) is 0 Å². The number of aryl methyl sites for hydroxylation is 1. The van der Waals surface area contributed by atoms with Gasteiger partial charge in [0.25, 0.3) is 0 Å². The van der Waals surface area contributed by atoms with E-state index in [1.54, 1.807) is 0 Å². The zero-order chi connectivity index (χ0) is 10.4. The summed E-state index contributed by atoms with van der Waals surface area (Å²) in [6.45, 7) is 5.96. The Morgan fingerprint density at radius 3 is 2.57 bits per heavy atom. The summed E-state index contributed by atoms with van der Waals surface area (Å²) in [6, 6.07) is 12.7. The van der Waals surface area contributed by atoms with Crippen LogP contribution in [0.3, 0.4) is 0 Å². The molecule has 0 saturated heterocycles. The Labute approximate surface area is 92.3 Å². The lowest BCUT2D eigenvalue weighted by Gasteiger charge is -2.16. The molecule has 0 aromatic heterocycles. The quantitative estimate of drug-likeness (QED) is 0.399. The number of allylic oxidation sites excluding steroid dienone is 1. The van der Waals surface area contributed by atoms with Gasteiger partial charge in [-0.05, 0) is 24.1 Å². The third kappa shape index (κ3) is 4.12. The number of rotatable bonds is 5. The summed E-state index contributed by atoms with van der Waals surface area (Å²) in [6.07, 6.45) is 3.05. The fourth-order valence-electron chi connectivity index (χ4n) is 1.45. The first-order valence-electron chi connectivity index (χ1n) is 4.98. The van der Waals surface area contributed by atoms with E-state index in [1.807, 2.05) is 12.1 Å². The highest BCUT2D eigenvalue weighted by atomic mass is 35.6. The van der Waals surface area contributed by atoms with E-state index in [0.29, 0.717) is 0 Å². The second kappa shape index (κ2) is 5.37. The van der Waals surface area contributed by atoms with Crippen LogP contribution in [0.25, 0.3) is 0 Å². The Hall–Kier alpha value is -0.533. The van der Waals surface area contributed by atoms with Crippen LogP contribution < -0.4 is 0 Å². The van der Waals surface area contributed by atoms with E-state index >= 15 is 0 Å². The number of benzene rings is 1. The van der Waals surface area contributed by atoms with Gasteiger partial charge in [-0.3, -0.25) is 0 Å². The van der Waals surface area contributed by atoms with Crippen LogP contribution in [0.2, 0.25) is 18.6 Å². The molecular formula is C12H17ClSi. The summed E-state index contributed by atoms with van der Waals surface area (Å²) in [5.74, 6) is 0. The summed E-state index contributed by atoms with van der Waals surface area (Å²) in [4.78, 5) is 0. The molecule has 14 heavy (non-hydrogen) atoms. The Balaban J connectivity index is 2.44. The van der Waals surface area contributed by atoms with Gasteiger partial charge in [0.2, 0.25) is 0 Å². The molecule has 0 saturated carbocycles. The van der Waals surface area contributed by atoms with Gasteiger partial charge in [-0.2, -0.15) is 11.1 Å². The SMILES string of the molecule is C=CC[Si](C)(Cl)CCc1ccccc1. The minimum Gasteiger partial charge on any atom is -0.167 e. The van der Waals surface area contributed by atoms with Gasteiger partial charge in [-0.25, -0.2) is 0 Å². The van der Waals surface area contributed by atoms with Crippen molar-refractivity contribution in [2.75, 3.05) is 0 Å². The molecule has 0 aliphatic carbocycles. The monoisotopic (exact) mass is 224 g/mol. The summed E-state index contributed by atoms with van der Waals surface area (Å²) in [5, 5.41) is 0. The second-order valence-corrected chi connectivity index (χ2v) is 10.4. The van der Waals surface area contributed by atoms with Gasteiger partial charge in [0, 0.05) is 0 Å². The van der Waals surface area contributed by atoms with Crippen LogP contribution in [0.1, 0.15) is 5.56 Å². The molecule has 76 valence electrons. The van der Waals surface area contributed by atoms with Gasteiger partial charge >= 0.3 is 0 Å². The fourth-order valence-corrected chi connectivity index (χ4v) is 3.68. The number of halogens is 1. The Kier molecular flexibility index (Phi) is 4.43. The van der Waals surface area contributed by atoms with Gasteiger partial charge in [-0.1, -0.05) is 43.0 Å². The van der Waals surface area contributed by atoms with E-state index in [2.05, 4.69) is 37.4 Å². The molecule has 0 aliphatic heterocycles. The first-order valence-corrected chi connectivity index (χ1v) is 8.90. The van der Waals surface area contributed by atoms with Gasteiger partial charge in [0.15, 0.2) is 7.38 Å². The van der Waals surface area contributed by atoms with Crippen molar-refractivity contribution in [3.05, 3.63) is 48.6 Å². The van der Waals surface area contributed by atoms with E-state index in [1.165, 1.54) is 5.56 Å². The molecule has 0 fully saturated rings. The molecule has 0 spiro atoms. The zero-order valence-electron chi connectivity index (χ0n) is 8.67. The highest BCUT2D eigenvalue weighted by molar-refractivity contribution is 7.19. The predicted octanol–water partition coefficient (Wildman–Crippen LogP) is 4.23. The molecule has 1 atom stereocenters. The Morgan fingerprint density at radius 2 is 2.00 bits per heavy atom. The van der Waals surface area contributed by atoms with Crippen LogP contribution >= 0.6 is 11.1 Å². The van der Waals surface area contributed by atoms with Crippen molar-refractivity contribution in [1.82, 2.24) is 0 Å². The maximum atomic E-state index is 6.45. The highest BCUT2D eigenvalue weighted by Crippen LogP contribution is 2.22. The minimum absolute atomic E-state index is 1.00. The number of hydrogen-bond donors (Lipinski definition) is 0. The molecule has 0 N–H and O–H groups in total. The summed E-state index contributed by atoms with van der Waals surface area (Å²) in [7, 11) is -1.53. The molecule has 1 rings (SSSR count). The zero-order valence-corrected chi connectivity index (χ0v) is 10.4. The molecule has 2 heteroatoms. The van der Waals surface area contributed by atoms with Crippen LogP contribution in [-0.2, 0) is 6.42 Å². The molecule has 0 bridgehead atoms. The van der Waals surface area contributed by atoms with Gasteiger partial charge in [-0.15, -0.1) is 6.58 Å². The van der Waals surface area contributed by atoms with Crippen LogP contribution in [-0.4, -0.2) is 7.38 Å². The summed E-state index contributed by atoms with van der Waals surface area (Å²) < 4.78 is 0. The second-order valence-electron chi connectivity index (χ2n) is 3.89. The van der Waals surface area contributed by atoms with Gasteiger partial charge in [0.05, 0.1) is 0 Å². The maximum absolute atomic E-state index is 6.45. The first-order chi connectivity index (χ1) is 6.64. The average molecular weight is 225 g/mol. The van der Waals surface area contributed by atoms with Crippen molar-refractivity contribution >= 4 is 18.5 Å². The smallest absolute Gasteiger partial charge is 0.157 e. The van der Waals surface area contributed by atoms with Crippen LogP contribution in [0, 0.1) is 0 Å². The van der Waals surface area contributed by atoms with E-state index in [0.717, 1.165) is 18.5 Å². The third-order valence-corrected chi connectivity index (χ3v) is 5.81. The van der Waals surface area contributed by atoms with Crippen LogP contribution in [0.4, 0.5) is 0 Å². The highest BCUT2D eigenvalue weighted by Gasteiger charge is 2.21. The molecule has 0 radical (unpaired) electrons. The Bertz CT molecular complexity index is 280. The fraction of sp³-hybridized carbons (Fsp3) is 0.333. The van der Waals surface area contributed by atoms with Crippen molar-refractivity contribution in [3.63, 3.8) is 0 Å². The minimum atomic E-state index is -1.53. The molecule has 0 heterocycles. The molecule has 0 nitrogen and oxygen atoms in total. The van der Waals surface area contributed by atoms with E-state index in [9.17, 15) is 0 Å². The van der Waals surface area contributed by atoms with Crippen molar-refractivity contribution < 1.29 is 0 Å². The van der Waals surface area contributed by atoms with Crippen molar-refractivity contribution in [2.45, 2.75) is 25.1 Å². The normalized spacial score (nSPS) is 14.7. The number of hydrogen-bond acceptors (Lipinski definition) is 0. The summed E-state index contributed by atoms with van der Waals surface area (Å²) in [5.41, 5.74) is 1.39. The molecule has 0 amide bonds. The largest absolute Gasteiger partial charge is 0.167 e. The lowest BCUT2D eigenvalue weighted by atomic mass is 10.2. The molecule has 1 aromatic rings. The molecular weight excluding hydrogens is 208 g/mol. The lowest BCUT2D eigenvalue weighted by Crippen LogP contribution is -2.21. The van der Waals surface area contributed by atoms with Crippen LogP contribution in [0.5, 0.6) is 0 Å². The predicted molar refractivity (Wildman–Crippen MR) is 67.4 cm³/mol. The van der Waals surface area contributed by atoms with Crippen molar-refractivity contribution in [2.24, 2.45) is 0 Å². The standard InChI is InChI=1S/C12H17ClSi/c1-3-10-14(2,13)11-9-12-7-5-4-6-8-12/h3-8H,1,9-11H2,2H3. The lowest BCUT2D eigenvalue weighted by molar-refractivity contribution is 1.10. The van der Waals surface area contributed by atoms with Crippen molar-refractivity contribution in [1.29, 1.82) is 0 Å².